The van der Waals surface area contributed by atoms with Crippen molar-refractivity contribution >= 4 is 11.7 Å². The van der Waals surface area contributed by atoms with Crippen LogP contribution in [0, 0.1) is 5.92 Å². The average Bonchev–Trinajstić information content (AvgIpc) is 2.42. The monoisotopic (exact) mass is 277 g/mol. The van der Waals surface area contributed by atoms with E-state index in [1.807, 2.05) is 6.07 Å². The van der Waals surface area contributed by atoms with Gasteiger partial charge < -0.3 is 15.2 Å². The second-order valence-electron chi connectivity index (χ2n) is 5.71. The number of aryl methyl sites for hydroxylation is 1. The van der Waals surface area contributed by atoms with Crippen molar-refractivity contribution in [3.8, 4) is 5.75 Å². The van der Waals surface area contributed by atoms with Crippen LogP contribution in [-0.2, 0) is 11.2 Å². The number of carboxylic acid groups (broad SMARTS) is 1. The van der Waals surface area contributed by atoms with Crippen molar-refractivity contribution < 1.29 is 14.6 Å². The minimum absolute atomic E-state index is 0.226. The summed E-state index contributed by atoms with van der Waals surface area (Å²) in [6.45, 7) is 5.16. The number of carbonyl (C=O) groups is 1. The van der Waals surface area contributed by atoms with Gasteiger partial charge in [0.15, 0.2) is 0 Å². The molecular formula is C16H23NO3. The van der Waals surface area contributed by atoms with Crippen LogP contribution in [0.1, 0.15) is 38.7 Å². The zero-order valence-corrected chi connectivity index (χ0v) is 12.2. The lowest BCUT2D eigenvalue weighted by Gasteiger charge is -2.30. The molecule has 0 saturated carbocycles. The van der Waals surface area contributed by atoms with Crippen LogP contribution in [0.15, 0.2) is 18.2 Å². The molecule has 0 fully saturated rings. The Morgan fingerprint density at radius 2 is 2.25 bits per heavy atom. The van der Waals surface area contributed by atoms with Gasteiger partial charge in [-0.25, -0.2) is 0 Å². The molecule has 1 aromatic carbocycles. The molecule has 0 radical (unpaired) electrons. The maximum absolute atomic E-state index is 10.5. The normalized spacial score (nSPS) is 17.2. The third kappa shape index (κ3) is 3.89. The predicted molar refractivity (Wildman–Crippen MR) is 79.4 cm³/mol. The Labute approximate surface area is 120 Å². The summed E-state index contributed by atoms with van der Waals surface area (Å²) >= 11 is 0. The van der Waals surface area contributed by atoms with Crippen molar-refractivity contribution in [1.29, 1.82) is 0 Å². The summed E-state index contributed by atoms with van der Waals surface area (Å²) in [4.78, 5) is 10.5. The summed E-state index contributed by atoms with van der Waals surface area (Å²) in [5.41, 5.74) is 2.28. The minimum atomic E-state index is -0.717. The first-order valence-corrected chi connectivity index (χ1v) is 7.31. The summed E-state index contributed by atoms with van der Waals surface area (Å²) in [5, 5.41) is 12.0. The Hall–Kier alpha value is -1.71. The number of carboxylic acids is 1. The second-order valence-corrected chi connectivity index (χ2v) is 5.71. The van der Waals surface area contributed by atoms with E-state index in [0.717, 1.165) is 37.2 Å². The molecule has 1 aliphatic rings. The van der Waals surface area contributed by atoms with Crippen LogP contribution in [-0.4, -0.2) is 23.7 Å². The number of unbranched alkanes of at least 4 members (excludes halogenated alkanes) is 1. The molecule has 2 N–H and O–H groups in total. The fraction of sp³-hybridized carbons (Fsp3) is 0.562. The number of hydrogen-bond donors (Lipinski definition) is 2. The molecule has 1 heterocycles. The molecule has 0 spiro atoms. The quantitative estimate of drug-likeness (QED) is 0.783. The van der Waals surface area contributed by atoms with Crippen molar-refractivity contribution in [2.75, 3.05) is 11.9 Å². The van der Waals surface area contributed by atoms with Gasteiger partial charge >= 0.3 is 5.97 Å². The topological polar surface area (TPSA) is 58.6 Å². The van der Waals surface area contributed by atoms with Gasteiger partial charge in [-0.15, -0.1) is 0 Å². The Morgan fingerprint density at radius 1 is 1.45 bits per heavy atom. The van der Waals surface area contributed by atoms with Crippen LogP contribution in [0.25, 0.3) is 0 Å². The third-order valence-corrected chi connectivity index (χ3v) is 3.67. The molecule has 110 valence electrons. The molecule has 4 heteroatoms. The van der Waals surface area contributed by atoms with Gasteiger partial charge in [-0.2, -0.15) is 0 Å². The van der Waals surface area contributed by atoms with Gasteiger partial charge in [-0.1, -0.05) is 19.9 Å². The smallest absolute Gasteiger partial charge is 0.303 e. The molecular weight excluding hydrogens is 254 g/mol. The lowest BCUT2D eigenvalue weighted by molar-refractivity contribution is -0.137. The van der Waals surface area contributed by atoms with Gasteiger partial charge in [0.05, 0.1) is 12.2 Å². The minimum Gasteiger partial charge on any atom is -0.486 e. The molecule has 0 amide bonds. The standard InChI is InChI=1S/C16H23NO3/c1-11(2)15-10-17-13-9-12(7-8-14(13)20-15)5-3-4-6-16(18)19/h7-9,11,15,17H,3-6,10H2,1-2H3,(H,18,19). The summed E-state index contributed by atoms with van der Waals surface area (Å²) < 4.78 is 5.97. The fourth-order valence-corrected chi connectivity index (χ4v) is 2.37. The molecule has 0 aromatic heterocycles. The van der Waals surface area contributed by atoms with Crippen molar-refractivity contribution in [1.82, 2.24) is 0 Å². The van der Waals surface area contributed by atoms with Gasteiger partial charge in [0.1, 0.15) is 11.9 Å². The number of anilines is 1. The van der Waals surface area contributed by atoms with Gasteiger partial charge in [-0.05, 0) is 42.9 Å². The molecule has 20 heavy (non-hydrogen) atoms. The first-order valence-electron chi connectivity index (χ1n) is 7.31. The van der Waals surface area contributed by atoms with Crippen LogP contribution in [0.5, 0.6) is 5.75 Å². The van der Waals surface area contributed by atoms with Crippen LogP contribution in [0.3, 0.4) is 0 Å². The number of fused-ring (bicyclic) bond motifs is 1. The van der Waals surface area contributed by atoms with E-state index in [-0.39, 0.29) is 12.5 Å². The number of hydrogen-bond acceptors (Lipinski definition) is 3. The number of ether oxygens (including phenoxy) is 1. The SMILES string of the molecule is CC(C)C1CNc2cc(CCCCC(=O)O)ccc2O1. The average molecular weight is 277 g/mol. The molecule has 1 unspecified atom stereocenters. The highest BCUT2D eigenvalue weighted by atomic mass is 16.5. The summed E-state index contributed by atoms with van der Waals surface area (Å²) in [6.07, 6.45) is 3.02. The first-order chi connectivity index (χ1) is 9.56. The summed E-state index contributed by atoms with van der Waals surface area (Å²) in [6, 6.07) is 6.21. The molecule has 4 nitrogen and oxygen atoms in total. The van der Waals surface area contributed by atoms with Crippen LogP contribution < -0.4 is 10.1 Å². The lowest BCUT2D eigenvalue weighted by atomic mass is 10.0. The van der Waals surface area contributed by atoms with Crippen molar-refractivity contribution in [2.45, 2.75) is 45.6 Å². The lowest BCUT2D eigenvalue weighted by Crippen LogP contribution is -2.34. The highest BCUT2D eigenvalue weighted by Crippen LogP contribution is 2.32. The van der Waals surface area contributed by atoms with E-state index < -0.39 is 5.97 Å². The molecule has 0 bridgehead atoms. The molecule has 1 aliphatic heterocycles. The number of benzene rings is 1. The Kier molecular flexibility index (Phi) is 4.88. The van der Waals surface area contributed by atoms with Crippen LogP contribution in [0.2, 0.25) is 0 Å². The van der Waals surface area contributed by atoms with Gasteiger partial charge in [-0.3, -0.25) is 4.79 Å². The number of aliphatic carboxylic acids is 1. The Bertz CT molecular complexity index is 471. The predicted octanol–water partition coefficient (Wildman–Crippen LogP) is 3.31. The molecule has 1 aromatic rings. The zero-order chi connectivity index (χ0) is 14.5. The van der Waals surface area contributed by atoms with E-state index in [4.69, 9.17) is 9.84 Å². The molecule has 2 rings (SSSR count). The first kappa shape index (κ1) is 14.7. The molecule has 0 aliphatic carbocycles. The highest BCUT2D eigenvalue weighted by molar-refractivity contribution is 5.66. The van der Waals surface area contributed by atoms with Gasteiger partial charge in [0, 0.05) is 6.42 Å². The molecule has 0 saturated heterocycles. The maximum atomic E-state index is 10.5. The zero-order valence-electron chi connectivity index (χ0n) is 12.2. The van der Waals surface area contributed by atoms with E-state index in [1.165, 1.54) is 5.56 Å². The molecule has 1 atom stereocenters. The highest BCUT2D eigenvalue weighted by Gasteiger charge is 2.21. The largest absolute Gasteiger partial charge is 0.486 e. The second kappa shape index (κ2) is 6.64. The maximum Gasteiger partial charge on any atom is 0.303 e. The number of nitrogens with one attached hydrogen (secondary N) is 1. The van der Waals surface area contributed by atoms with Crippen LogP contribution >= 0.6 is 0 Å². The van der Waals surface area contributed by atoms with Gasteiger partial charge in [0.25, 0.3) is 0 Å². The van der Waals surface area contributed by atoms with E-state index in [1.54, 1.807) is 0 Å². The number of rotatable bonds is 6. The van der Waals surface area contributed by atoms with E-state index in [0.29, 0.717) is 5.92 Å². The third-order valence-electron chi connectivity index (χ3n) is 3.67. The van der Waals surface area contributed by atoms with E-state index >= 15 is 0 Å². The summed E-state index contributed by atoms with van der Waals surface area (Å²) in [7, 11) is 0. The van der Waals surface area contributed by atoms with Gasteiger partial charge in [0.2, 0.25) is 0 Å². The van der Waals surface area contributed by atoms with Crippen molar-refractivity contribution in [3.63, 3.8) is 0 Å². The Balaban J connectivity index is 1.90. The van der Waals surface area contributed by atoms with E-state index in [2.05, 4.69) is 31.3 Å². The Morgan fingerprint density at radius 3 is 2.95 bits per heavy atom. The van der Waals surface area contributed by atoms with Crippen LogP contribution in [0.4, 0.5) is 5.69 Å². The van der Waals surface area contributed by atoms with Crippen molar-refractivity contribution in [3.05, 3.63) is 23.8 Å². The fourth-order valence-electron chi connectivity index (χ4n) is 2.37. The van der Waals surface area contributed by atoms with E-state index in [9.17, 15) is 4.79 Å². The van der Waals surface area contributed by atoms with Crippen molar-refractivity contribution in [2.24, 2.45) is 5.92 Å². The summed E-state index contributed by atoms with van der Waals surface area (Å²) in [5.74, 6) is 0.695.